The van der Waals surface area contributed by atoms with Gasteiger partial charge in [-0.25, -0.2) is 19.9 Å². The van der Waals surface area contributed by atoms with Crippen LogP contribution < -0.4 is 0 Å². The average Bonchev–Trinajstić information content (AvgIpc) is 3.89. The van der Waals surface area contributed by atoms with Crippen molar-refractivity contribution in [3.05, 3.63) is 182 Å². The highest BCUT2D eigenvalue weighted by Crippen LogP contribution is 2.42. The Bertz CT molecular complexity index is 3190. The van der Waals surface area contributed by atoms with Crippen LogP contribution in [0.15, 0.2) is 191 Å². The summed E-state index contributed by atoms with van der Waals surface area (Å²) in [4.78, 5) is 19.9. The van der Waals surface area contributed by atoms with Gasteiger partial charge in [0.2, 0.25) is 5.89 Å². The lowest BCUT2D eigenvalue weighted by molar-refractivity contribution is 0.620. The second-order valence-electron chi connectivity index (χ2n) is 13.8. The monoisotopic (exact) mass is 718 g/mol. The van der Waals surface area contributed by atoms with Crippen LogP contribution in [0.3, 0.4) is 0 Å². The highest BCUT2D eigenvalue weighted by molar-refractivity contribution is 6.14. The third-order valence-electron chi connectivity index (χ3n) is 10.4. The maximum atomic E-state index is 6.89. The SMILES string of the molecule is c1ccc(-c2nc(-c3ccccc3)nc(-c3cccc4c3oc3c(-c5cccc6nc(-c7ccc8c(-c9ccccc9)cccc8c7)oc56)cccc34)n2)cc1. The third kappa shape index (κ3) is 5.35. The van der Waals surface area contributed by atoms with E-state index in [2.05, 4.69) is 91.0 Å². The fourth-order valence-electron chi connectivity index (χ4n) is 7.71. The lowest BCUT2D eigenvalue weighted by Crippen LogP contribution is -2.00. The Kier molecular flexibility index (Phi) is 7.38. The van der Waals surface area contributed by atoms with Gasteiger partial charge in [-0.05, 0) is 46.2 Å². The molecule has 3 aromatic heterocycles. The molecule has 0 fully saturated rings. The molecule has 0 spiro atoms. The van der Waals surface area contributed by atoms with E-state index < -0.39 is 0 Å². The number of rotatable bonds is 6. The number of fused-ring (bicyclic) bond motifs is 5. The van der Waals surface area contributed by atoms with Crippen molar-refractivity contribution in [2.75, 3.05) is 0 Å². The van der Waals surface area contributed by atoms with Gasteiger partial charge in [-0.3, -0.25) is 0 Å². The Balaban J connectivity index is 1.04. The van der Waals surface area contributed by atoms with Crippen molar-refractivity contribution >= 4 is 43.8 Å². The average molecular weight is 719 g/mol. The normalized spacial score (nSPS) is 11.6. The summed E-state index contributed by atoms with van der Waals surface area (Å²) in [7, 11) is 0. The number of para-hydroxylation sites is 3. The fourth-order valence-corrected chi connectivity index (χ4v) is 7.71. The van der Waals surface area contributed by atoms with Crippen molar-refractivity contribution < 1.29 is 8.83 Å². The molecule has 8 aromatic carbocycles. The summed E-state index contributed by atoms with van der Waals surface area (Å²) in [6, 6.07) is 61.7. The fraction of sp³-hybridized carbons (Fsp3) is 0. The molecule has 0 aliphatic rings. The van der Waals surface area contributed by atoms with Crippen LogP contribution in [0.25, 0.3) is 112 Å². The van der Waals surface area contributed by atoms with Crippen LogP contribution in [-0.4, -0.2) is 19.9 Å². The molecule has 262 valence electrons. The minimum atomic E-state index is 0.539. The van der Waals surface area contributed by atoms with Gasteiger partial charge in [0.1, 0.15) is 16.7 Å². The van der Waals surface area contributed by atoms with E-state index in [1.165, 1.54) is 16.5 Å². The van der Waals surface area contributed by atoms with Crippen LogP contribution in [0.1, 0.15) is 0 Å². The molecule has 0 radical (unpaired) electrons. The van der Waals surface area contributed by atoms with Gasteiger partial charge in [-0.2, -0.15) is 0 Å². The molecule has 0 bridgehead atoms. The highest BCUT2D eigenvalue weighted by atomic mass is 16.3. The molecule has 6 heteroatoms. The first kappa shape index (κ1) is 31.8. The van der Waals surface area contributed by atoms with Crippen molar-refractivity contribution in [2.45, 2.75) is 0 Å². The molecule has 56 heavy (non-hydrogen) atoms. The number of nitrogens with zero attached hydrogens (tertiary/aromatic N) is 4. The predicted molar refractivity (Wildman–Crippen MR) is 225 cm³/mol. The number of hydrogen-bond acceptors (Lipinski definition) is 6. The summed E-state index contributed by atoms with van der Waals surface area (Å²) < 4.78 is 13.5. The minimum Gasteiger partial charge on any atom is -0.455 e. The van der Waals surface area contributed by atoms with E-state index >= 15 is 0 Å². The van der Waals surface area contributed by atoms with E-state index in [9.17, 15) is 0 Å². The molecule has 0 aliphatic heterocycles. The van der Waals surface area contributed by atoms with Crippen molar-refractivity contribution in [2.24, 2.45) is 0 Å². The standard InChI is InChI=1S/C50H30N4O2/c1-4-14-31(15-5-1)36-21-10-20-34-30-35(28-29-37(34)36)50-51-43-27-13-25-41(46(43)56-50)40-23-11-22-38-39-24-12-26-42(45(39)55-44(38)40)49-53-47(32-16-6-2-7-17-32)52-48(54-49)33-18-8-3-9-19-33/h1-30H. The molecule has 0 amide bonds. The Labute approximate surface area is 321 Å². The Hall–Kier alpha value is -7.70. The van der Waals surface area contributed by atoms with Crippen molar-refractivity contribution in [3.63, 3.8) is 0 Å². The molecule has 0 aliphatic carbocycles. The lowest BCUT2D eigenvalue weighted by atomic mass is 9.97. The second kappa shape index (κ2) is 13.0. The number of hydrogen-bond donors (Lipinski definition) is 0. The highest BCUT2D eigenvalue weighted by Gasteiger charge is 2.21. The second-order valence-corrected chi connectivity index (χ2v) is 13.8. The quantitative estimate of drug-likeness (QED) is 0.170. The molecule has 6 nitrogen and oxygen atoms in total. The largest absolute Gasteiger partial charge is 0.455 e. The van der Waals surface area contributed by atoms with E-state index in [0.717, 1.165) is 60.6 Å². The number of furan rings is 1. The summed E-state index contributed by atoms with van der Waals surface area (Å²) in [6.45, 7) is 0. The maximum absolute atomic E-state index is 6.89. The number of aromatic nitrogens is 4. The zero-order valence-corrected chi connectivity index (χ0v) is 29.9. The first-order valence-corrected chi connectivity index (χ1v) is 18.6. The van der Waals surface area contributed by atoms with Crippen molar-refractivity contribution in [3.8, 4) is 67.9 Å². The van der Waals surface area contributed by atoms with E-state index in [-0.39, 0.29) is 0 Å². The van der Waals surface area contributed by atoms with Crippen molar-refractivity contribution in [1.29, 1.82) is 0 Å². The first-order valence-electron chi connectivity index (χ1n) is 18.6. The molecule has 0 unspecified atom stereocenters. The Morgan fingerprint density at radius 3 is 1.52 bits per heavy atom. The maximum Gasteiger partial charge on any atom is 0.227 e. The minimum absolute atomic E-state index is 0.539. The Morgan fingerprint density at radius 2 is 0.839 bits per heavy atom. The van der Waals surface area contributed by atoms with Gasteiger partial charge in [-0.15, -0.1) is 0 Å². The zero-order chi connectivity index (χ0) is 37.0. The predicted octanol–water partition coefficient (Wildman–Crippen LogP) is 13.1. The molecular formula is C50H30N4O2. The molecular weight excluding hydrogens is 689 g/mol. The van der Waals surface area contributed by atoms with Crippen LogP contribution in [0, 0.1) is 0 Å². The summed E-state index contributed by atoms with van der Waals surface area (Å²) in [5.41, 5.74) is 10.6. The van der Waals surface area contributed by atoms with Crippen LogP contribution >= 0.6 is 0 Å². The molecule has 0 N–H and O–H groups in total. The number of oxazole rings is 1. The topological polar surface area (TPSA) is 77.8 Å². The summed E-state index contributed by atoms with van der Waals surface area (Å²) >= 11 is 0. The van der Waals surface area contributed by atoms with Crippen molar-refractivity contribution in [1.82, 2.24) is 19.9 Å². The van der Waals surface area contributed by atoms with Crippen LogP contribution in [-0.2, 0) is 0 Å². The van der Waals surface area contributed by atoms with Gasteiger partial charge < -0.3 is 8.83 Å². The van der Waals surface area contributed by atoms with Gasteiger partial charge in [-0.1, -0.05) is 158 Å². The van der Waals surface area contributed by atoms with E-state index in [1.807, 2.05) is 91.0 Å². The molecule has 3 heterocycles. The summed E-state index contributed by atoms with van der Waals surface area (Å²) in [5.74, 6) is 2.30. The summed E-state index contributed by atoms with van der Waals surface area (Å²) in [5, 5.41) is 4.26. The summed E-state index contributed by atoms with van der Waals surface area (Å²) in [6.07, 6.45) is 0. The van der Waals surface area contributed by atoms with E-state index in [1.54, 1.807) is 0 Å². The third-order valence-corrected chi connectivity index (χ3v) is 10.4. The lowest BCUT2D eigenvalue weighted by Gasteiger charge is -2.08. The van der Waals surface area contributed by atoms with Crippen LogP contribution in [0.4, 0.5) is 0 Å². The Morgan fingerprint density at radius 1 is 0.304 bits per heavy atom. The van der Waals surface area contributed by atoms with Gasteiger partial charge in [0.25, 0.3) is 0 Å². The molecule has 11 aromatic rings. The van der Waals surface area contributed by atoms with Gasteiger partial charge in [0, 0.05) is 38.6 Å². The van der Waals surface area contributed by atoms with Gasteiger partial charge in [0.05, 0.1) is 5.56 Å². The molecule has 0 saturated carbocycles. The zero-order valence-electron chi connectivity index (χ0n) is 29.9. The van der Waals surface area contributed by atoms with Gasteiger partial charge >= 0.3 is 0 Å². The first-order chi connectivity index (χ1) is 27.7. The van der Waals surface area contributed by atoms with E-state index in [4.69, 9.17) is 28.8 Å². The van der Waals surface area contributed by atoms with Crippen LogP contribution in [0.5, 0.6) is 0 Å². The number of benzene rings is 8. The molecule has 0 saturated heterocycles. The van der Waals surface area contributed by atoms with Gasteiger partial charge in [0.15, 0.2) is 23.1 Å². The smallest absolute Gasteiger partial charge is 0.227 e. The molecule has 0 atom stereocenters. The van der Waals surface area contributed by atoms with Crippen LogP contribution in [0.2, 0.25) is 0 Å². The van der Waals surface area contributed by atoms with E-state index in [0.29, 0.717) is 34.5 Å². The molecule has 11 rings (SSSR count).